The van der Waals surface area contributed by atoms with Crippen molar-refractivity contribution in [2.75, 3.05) is 18.0 Å². The van der Waals surface area contributed by atoms with Crippen LogP contribution >= 0.6 is 31.9 Å². The van der Waals surface area contributed by atoms with Crippen molar-refractivity contribution in [3.63, 3.8) is 0 Å². The molecule has 5 heteroatoms. The average Bonchev–Trinajstić information content (AvgIpc) is 2.53. The quantitative estimate of drug-likeness (QED) is 0.359. The van der Waals surface area contributed by atoms with Crippen LogP contribution in [0, 0.1) is 0 Å². The summed E-state index contributed by atoms with van der Waals surface area (Å²) in [5.41, 5.74) is 2.91. The van der Waals surface area contributed by atoms with Gasteiger partial charge in [-0.05, 0) is 36.4 Å². The smallest absolute Gasteiger partial charge is 0.0858 e. The molecule has 0 aliphatic rings. The molecule has 0 N–H and O–H groups in total. The van der Waals surface area contributed by atoms with Gasteiger partial charge in [-0.25, -0.2) is 0 Å². The first-order valence-corrected chi connectivity index (χ1v) is 9.47. The van der Waals surface area contributed by atoms with Crippen molar-refractivity contribution in [3.8, 4) is 0 Å². The molecule has 3 nitrogen and oxygen atoms in total. The van der Waals surface area contributed by atoms with E-state index in [1.165, 1.54) is 5.69 Å². The maximum absolute atomic E-state index is 4.29. The van der Waals surface area contributed by atoms with Crippen LogP contribution in [0.2, 0.25) is 0 Å². The number of nitrogens with zero attached hydrogens (tertiary/aromatic N) is 3. The van der Waals surface area contributed by atoms with Gasteiger partial charge in [0.1, 0.15) is 0 Å². The standard InChI is InChI=1S/C18H21Br2N3/c1-14(19)12-23(13-15(2)20)18-10-8-17(9-11-18)22-21-16-6-4-3-5-7-16/h3-11,14-15H,12-13H2,1-2H3. The van der Waals surface area contributed by atoms with E-state index in [2.05, 4.69) is 73.0 Å². The van der Waals surface area contributed by atoms with Crippen molar-refractivity contribution in [2.45, 2.75) is 23.5 Å². The summed E-state index contributed by atoms with van der Waals surface area (Å²) in [5, 5.41) is 8.53. The van der Waals surface area contributed by atoms with E-state index in [0.717, 1.165) is 24.5 Å². The van der Waals surface area contributed by atoms with E-state index in [0.29, 0.717) is 9.65 Å². The van der Waals surface area contributed by atoms with Crippen LogP contribution in [0.4, 0.5) is 17.1 Å². The molecule has 0 saturated heterocycles. The van der Waals surface area contributed by atoms with E-state index in [1.54, 1.807) is 0 Å². The van der Waals surface area contributed by atoms with Gasteiger partial charge in [-0.3, -0.25) is 0 Å². The van der Waals surface area contributed by atoms with Gasteiger partial charge >= 0.3 is 0 Å². The van der Waals surface area contributed by atoms with Crippen LogP contribution < -0.4 is 4.90 Å². The third-order valence-electron chi connectivity index (χ3n) is 3.20. The van der Waals surface area contributed by atoms with Crippen molar-refractivity contribution in [1.82, 2.24) is 0 Å². The van der Waals surface area contributed by atoms with Crippen LogP contribution in [0.15, 0.2) is 64.8 Å². The zero-order chi connectivity index (χ0) is 16.7. The minimum Gasteiger partial charge on any atom is -0.369 e. The summed E-state index contributed by atoms with van der Waals surface area (Å²) in [7, 11) is 0. The Hall–Kier alpha value is -1.20. The number of alkyl halides is 2. The second kappa shape index (κ2) is 9.18. The molecule has 0 heterocycles. The molecule has 0 spiro atoms. The summed E-state index contributed by atoms with van der Waals surface area (Å²) in [5.74, 6) is 0. The number of hydrogen-bond donors (Lipinski definition) is 0. The largest absolute Gasteiger partial charge is 0.369 e. The Morgan fingerprint density at radius 1 is 0.783 bits per heavy atom. The Morgan fingerprint density at radius 2 is 1.26 bits per heavy atom. The zero-order valence-corrected chi connectivity index (χ0v) is 16.5. The van der Waals surface area contributed by atoms with E-state index in [4.69, 9.17) is 0 Å². The van der Waals surface area contributed by atoms with E-state index in [1.807, 2.05) is 42.5 Å². The molecule has 0 radical (unpaired) electrons. The number of azo groups is 1. The Balaban J connectivity index is 2.09. The number of anilines is 1. The fourth-order valence-electron chi connectivity index (χ4n) is 2.23. The minimum atomic E-state index is 0.436. The maximum Gasteiger partial charge on any atom is 0.0858 e. The Bertz CT molecular complexity index is 600. The molecular formula is C18H21Br2N3. The normalized spacial score (nSPS) is 13.9. The monoisotopic (exact) mass is 437 g/mol. The fourth-order valence-corrected chi connectivity index (χ4v) is 2.93. The Labute approximate surface area is 155 Å². The van der Waals surface area contributed by atoms with Crippen molar-refractivity contribution in [1.29, 1.82) is 0 Å². The summed E-state index contributed by atoms with van der Waals surface area (Å²) < 4.78 is 0. The number of benzene rings is 2. The van der Waals surface area contributed by atoms with Gasteiger partial charge in [-0.15, -0.1) is 0 Å². The van der Waals surface area contributed by atoms with Gasteiger partial charge in [0, 0.05) is 28.4 Å². The second-order valence-corrected chi connectivity index (χ2v) is 8.64. The lowest BCUT2D eigenvalue weighted by Crippen LogP contribution is -2.33. The third-order valence-corrected chi connectivity index (χ3v) is 3.78. The highest BCUT2D eigenvalue weighted by molar-refractivity contribution is 9.09. The molecule has 0 aliphatic carbocycles. The maximum atomic E-state index is 4.29. The summed E-state index contributed by atoms with van der Waals surface area (Å²) in [4.78, 5) is 3.23. The second-order valence-electron chi connectivity index (χ2n) is 5.52. The van der Waals surface area contributed by atoms with E-state index in [-0.39, 0.29) is 0 Å². The molecule has 0 amide bonds. The highest BCUT2D eigenvalue weighted by Crippen LogP contribution is 2.23. The van der Waals surface area contributed by atoms with E-state index < -0.39 is 0 Å². The summed E-state index contributed by atoms with van der Waals surface area (Å²) >= 11 is 7.27. The van der Waals surface area contributed by atoms with Gasteiger partial charge in [0.05, 0.1) is 11.4 Å². The number of rotatable bonds is 7. The highest BCUT2D eigenvalue weighted by atomic mass is 79.9. The van der Waals surface area contributed by atoms with Crippen LogP contribution in [-0.2, 0) is 0 Å². The first-order chi connectivity index (χ1) is 11.0. The molecule has 0 bridgehead atoms. The van der Waals surface area contributed by atoms with Crippen LogP contribution in [0.3, 0.4) is 0 Å². The number of halogens is 2. The zero-order valence-electron chi connectivity index (χ0n) is 13.4. The molecule has 0 aliphatic heterocycles. The van der Waals surface area contributed by atoms with Gasteiger partial charge in [-0.2, -0.15) is 10.2 Å². The number of hydrogen-bond acceptors (Lipinski definition) is 3. The lowest BCUT2D eigenvalue weighted by atomic mass is 10.2. The third kappa shape index (κ3) is 6.43. The van der Waals surface area contributed by atoms with Gasteiger partial charge in [0.2, 0.25) is 0 Å². The van der Waals surface area contributed by atoms with Crippen molar-refractivity contribution in [3.05, 3.63) is 54.6 Å². The first kappa shape index (κ1) is 18.1. The van der Waals surface area contributed by atoms with Crippen LogP contribution in [-0.4, -0.2) is 22.7 Å². The minimum absolute atomic E-state index is 0.436. The lowest BCUT2D eigenvalue weighted by Gasteiger charge is -2.27. The molecular weight excluding hydrogens is 418 g/mol. The Morgan fingerprint density at radius 3 is 1.74 bits per heavy atom. The molecule has 122 valence electrons. The summed E-state index contributed by atoms with van der Waals surface area (Å²) in [6.07, 6.45) is 0. The molecule has 0 aromatic heterocycles. The Kier molecular flexibility index (Phi) is 7.24. The van der Waals surface area contributed by atoms with Crippen LogP contribution in [0.5, 0.6) is 0 Å². The van der Waals surface area contributed by atoms with E-state index in [9.17, 15) is 0 Å². The molecule has 2 atom stereocenters. The molecule has 0 fully saturated rings. The molecule has 2 aromatic rings. The lowest BCUT2D eigenvalue weighted by molar-refractivity contribution is 0.771. The van der Waals surface area contributed by atoms with Crippen molar-refractivity contribution >= 4 is 48.9 Å². The topological polar surface area (TPSA) is 28.0 Å². The highest BCUT2D eigenvalue weighted by Gasteiger charge is 2.11. The molecule has 23 heavy (non-hydrogen) atoms. The summed E-state index contributed by atoms with van der Waals surface area (Å²) in [6, 6.07) is 18.0. The van der Waals surface area contributed by atoms with Gasteiger partial charge in [0.15, 0.2) is 0 Å². The summed E-state index contributed by atoms with van der Waals surface area (Å²) in [6.45, 7) is 6.24. The van der Waals surface area contributed by atoms with E-state index >= 15 is 0 Å². The SMILES string of the molecule is CC(Br)CN(CC(C)Br)c1ccc(N=Nc2ccccc2)cc1. The molecule has 2 rings (SSSR count). The molecule has 0 saturated carbocycles. The van der Waals surface area contributed by atoms with Crippen molar-refractivity contribution < 1.29 is 0 Å². The van der Waals surface area contributed by atoms with Crippen LogP contribution in [0.25, 0.3) is 0 Å². The van der Waals surface area contributed by atoms with Crippen LogP contribution in [0.1, 0.15) is 13.8 Å². The predicted octanol–water partition coefficient (Wildman–Crippen LogP) is 6.48. The first-order valence-electron chi connectivity index (χ1n) is 7.64. The predicted molar refractivity (Wildman–Crippen MR) is 106 cm³/mol. The molecule has 2 unspecified atom stereocenters. The fraction of sp³-hybridized carbons (Fsp3) is 0.333. The van der Waals surface area contributed by atoms with Crippen molar-refractivity contribution in [2.24, 2.45) is 10.2 Å². The molecule has 2 aromatic carbocycles. The van der Waals surface area contributed by atoms with Gasteiger partial charge in [-0.1, -0.05) is 63.9 Å². The van der Waals surface area contributed by atoms with Gasteiger partial charge in [0.25, 0.3) is 0 Å². The van der Waals surface area contributed by atoms with Gasteiger partial charge < -0.3 is 4.90 Å². The average molecular weight is 439 g/mol.